The van der Waals surface area contributed by atoms with Gasteiger partial charge in [-0.15, -0.1) is 35.2 Å². The van der Waals surface area contributed by atoms with Gasteiger partial charge in [0.1, 0.15) is 0 Å². The summed E-state index contributed by atoms with van der Waals surface area (Å²) in [5.74, 6) is 0. The van der Waals surface area contributed by atoms with Crippen molar-refractivity contribution in [3.05, 3.63) is 63.1 Å². The first-order valence-electron chi connectivity index (χ1n) is 5.20. The monoisotopic (exact) mass is 363 g/mol. The first-order chi connectivity index (χ1) is 7.88. The third-order valence-electron chi connectivity index (χ3n) is 1.55. The van der Waals surface area contributed by atoms with Gasteiger partial charge in [-0.3, -0.25) is 0 Å². The molecule has 1 nitrogen and oxygen atoms in total. The molecule has 0 fully saturated rings. The minimum atomic E-state index is -0.556. The topological polar surface area (TPSA) is 23.8 Å². The van der Waals surface area contributed by atoms with Gasteiger partial charge in [-0.05, 0) is 0 Å². The summed E-state index contributed by atoms with van der Waals surface area (Å²) < 4.78 is 0. The van der Waals surface area contributed by atoms with Crippen LogP contribution in [-0.2, 0) is 17.0 Å². The molecule has 0 aliphatic heterocycles. The van der Waals surface area contributed by atoms with Crippen LogP contribution in [0.1, 0.15) is 20.8 Å². The van der Waals surface area contributed by atoms with E-state index < -0.39 is 17.0 Å². The number of fused-ring (bicyclic) bond motifs is 1. The minimum absolute atomic E-state index is 0. The molecule has 0 saturated carbocycles. The molecule has 110 valence electrons. The molecule has 0 amide bonds. The van der Waals surface area contributed by atoms with E-state index in [4.69, 9.17) is 24.3 Å². The number of rotatable bonds is 0. The second-order valence-corrected chi connectivity index (χ2v) is 7.06. The Labute approximate surface area is 146 Å². The molecule has 0 heterocycles. The Hall–Kier alpha value is 0.301. The molecule has 1 N–H and O–H groups in total. The standard InChI is InChI=1S/C9H7.C4H10N.2CH3.2ClH.Si.Ti/c1-2-5-9-7-3-6-8(9)4-1;1-4(2,3)5;;;;;;/h1-7H;5H,1-3H3;2*1H3;2*1H;;/q4*-1;;;;+6/p-2. The molecule has 2 aromatic rings. The normalized spacial score (nSPS) is 8.70. The van der Waals surface area contributed by atoms with Crippen LogP contribution in [0, 0.1) is 14.9 Å². The number of hydrogen-bond donors (Lipinski definition) is 0. The third kappa shape index (κ3) is 18.3. The van der Waals surface area contributed by atoms with Crippen LogP contribution in [0.25, 0.3) is 16.5 Å². The van der Waals surface area contributed by atoms with E-state index in [2.05, 4.69) is 42.5 Å². The van der Waals surface area contributed by atoms with Crippen molar-refractivity contribution in [1.82, 2.24) is 0 Å². The quantitative estimate of drug-likeness (QED) is 0.387. The van der Waals surface area contributed by atoms with E-state index in [1.54, 1.807) is 0 Å². The maximum absolute atomic E-state index is 6.94. The van der Waals surface area contributed by atoms with E-state index in [1.807, 2.05) is 20.8 Å². The van der Waals surface area contributed by atoms with Gasteiger partial charge >= 0.3 is 35.6 Å². The summed E-state index contributed by atoms with van der Waals surface area (Å²) in [6, 6.07) is 14.7. The summed E-state index contributed by atoms with van der Waals surface area (Å²) >= 11 is -0.556. The summed E-state index contributed by atoms with van der Waals surface area (Å²) in [5.41, 5.74) is 6.69. The smallest absolute Gasteiger partial charge is 0 e. The zero-order valence-corrected chi connectivity index (χ0v) is 16.9. The fraction of sp³-hybridized carbons (Fsp3) is 0.267. The number of benzene rings is 1. The van der Waals surface area contributed by atoms with Crippen molar-refractivity contribution in [2.75, 3.05) is 0 Å². The predicted molar refractivity (Wildman–Crippen MR) is 93.9 cm³/mol. The van der Waals surface area contributed by atoms with Crippen LogP contribution in [-0.4, -0.2) is 16.5 Å². The van der Waals surface area contributed by atoms with Crippen molar-refractivity contribution in [2.45, 2.75) is 26.3 Å². The Bertz CT molecular complexity index is 377. The second-order valence-electron chi connectivity index (χ2n) is 4.48. The Morgan fingerprint density at radius 2 is 1.45 bits per heavy atom. The van der Waals surface area contributed by atoms with Crippen molar-refractivity contribution in [2.24, 2.45) is 0 Å². The average molecular weight is 364 g/mol. The predicted octanol–water partition coefficient (Wildman–Crippen LogP) is 6.29. The molecule has 20 heavy (non-hydrogen) atoms. The molecule has 5 heteroatoms. The molecule has 0 aromatic heterocycles. The maximum atomic E-state index is 6.94. The van der Waals surface area contributed by atoms with Gasteiger partial charge in [0, 0.05) is 11.0 Å². The molecule has 0 aliphatic carbocycles. The SMILES string of the molecule is CC(C)(C)[NH-].[CH3-].[CH3-].[Cl][Ti+4][Cl].[Si].c1ccc2[cH-]ccc2c1. The largest absolute Gasteiger partial charge is 0.168 e. The zero-order valence-electron chi connectivity index (χ0n) is 12.8. The number of nitrogens with one attached hydrogen (secondary N) is 1. The van der Waals surface area contributed by atoms with Crippen molar-refractivity contribution < 1.29 is 17.0 Å². The van der Waals surface area contributed by atoms with Gasteiger partial charge in [-0.1, -0.05) is 26.8 Å². The van der Waals surface area contributed by atoms with Crippen molar-refractivity contribution in [3.8, 4) is 0 Å². The minimum Gasteiger partial charge on any atom is -0.168 e. The molecular weight excluding hydrogens is 341 g/mol. The Morgan fingerprint density at radius 3 is 1.85 bits per heavy atom. The van der Waals surface area contributed by atoms with Gasteiger partial charge < -0.3 is 20.6 Å². The first kappa shape index (κ1) is 28.5. The molecule has 4 radical (unpaired) electrons. The Kier molecular flexibility index (Phi) is 22.3. The van der Waals surface area contributed by atoms with Crippen molar-refractivity contribution >= 4 is 40.3 Å². The van der Waals surface area contributed by atoms with Gasteiger partial charge in [0.15, 0.2) is 0 Å². The van der Waals surface area contributed by atoms with E-state index in [0.717, 1.165) is 0 Å². The molecule has 2 aromatic carbocycles. The number of halogens is 2. The summed E-state index contributed by atoms with van der Waals surface area (Å²) in [4.78, 5) is 0. The van der Waals surface area contributed by atoms with Gasteiger partial charge in [-0.2, -0.15) is 17.5 Å². The molecular formula is C15H23Cl2NSiTi. The molecule has 0 aliphatic rings. The van der Waals surface area contributed by atoms with E-state index in [-0.39, 0.29) is 31.4 Å². The first-order valence-corrected chi connectivity index (χ1v) is 9.50. The van der Waals surface area contributed by atoms with Gasteiger partial charge in [0.25, 0.3) is 0 Å². The van der Waals surface area contributed by atoms with E-state index >= 15 is 0 Å². The molecule has 0 bridgehead atoms. The number of hydrogen-bond acceptors (Lipinski definition) is 0. The Balaban J connectivity index is -0.000000103. The van der Waals surface area contributed by atoms with Crippen LogP contribution in [0.2, 0.25) is 0 Å². The van der Waals surface area contributed by atoms with E-state index in [1.165, 1.54) is 10.8 Å². The van der Waals surface area contributed by atoms with Crippen LogP contribution < -0.4 is 0 Å². The van der Waals surface area contributed by atoms with Crippen LogP contribution in [0.3, 0.4) is 0 Å². The fourth-order valence-corrected chi connectivity index (χ4v) is 1.07. The van der Waals surface area contributed by atoms with Crippen LogP contribution >= 0.6 is 18.6 Å². The van der Waals surface area contributed by atoms with Crippen LogP contribution in [0.4, 0.5) is 0 Å². The fourth-order valence-electron chi connectivity index (χ4n) is 1.07. The van der Waals surface area contributed by atoms with Gasteiger partial charge in [-0.25, -0.2) is 0 Å². The van der Waals surface area contributed by atoms with Gasteiger partial charge in [0.2, 0.25) is 0 Å². The second kappa shape index (κ2) is 15.7. The molecule has 2 rings (SSSR count). The molecule has 0 atom stereocenters. The average Bonchev–Trinajstić information content (AvgIpc) is 2.63. The van der Waals surface area contributed by atoms with Crippen molar-refractivity contribution in [3.63, 3.8) is 0 Å². The van der Waals surface area contributed by atoms with Crippen LogP contribution in [0.5, 0.6) is 0 Å². The molecule has 0 spiro atoms. The maximum Gasteiger partial charge on any atom is 0 e. The zero-order chi connectivity index (χ0) is 13.3. The third-order valence-corrected chi connectivity index (χ3v) is 1.55. The summed E-state index contributed by atoms with van der Waals surface area (Å²) in [6.07, 6.45) is 0. The summed E-state index contributed by atoms with van der Waals surface area (Å²) in [5, 5.41) is 2.66. The summed E-state index contributed by atoms with van der Waals surface area (Å²) in [6.45, 7) is 5.56. The Morgan fingerprint density at radius 1 is 1.05 bits per heavy atom. The molecule has 0 saturated heterocycles. The van der Waals surface area contributed by atoms with Gasteiger partial charge in [0.05, 0.1) is 0 Å². The van der Waals surface area contributed by atoms with Crippen LogP contribution in [0.15, 0.2) is 42.5 Å². The van der Waals surface area contributed by atoms with Crippen molar-refractivity contribution in [1.29, 1.82) is 0 Å². The van der Waals surface area contributed by atoms with E-state index in [9.17, 15) is 0 Å². The summed E-state index contributed by atoms with van der Waals surface area (Å²) in [7, 11) is 9.78. The molecule has 0 unspecified atom stereocenters. The van der Waals surface area contributed by atoms with E-state index in [0.29, 0.717) is 0 Å².